The number of carbonyl (C=O) groups is 2. The third-order valence-electron chi connectivity index (χ3n) is 4.38. The summed E-state index contributed by atoms with van der Waals surface area (Å²) < 4.78 is 19.3. The van der Waals surface area contributed by atoms with Gasteiger partial charge in [-0.15, -0.1) is 4.40 Å². The molecule has 0 aromatic carbocycles. The number of hydrogen-bond acceptors (Lipinski definition) is 5. The lowest BCUT2D eigenvalue weighted by Crippen LogP contribution is -2.38. The zero-order chi connectivity index (χ0) is 20.5. The van der Waals surface area contributed by atoms with E-state index in [9.17, 15) is 13.8 Å². The van der Waals surface area contributed by atoms with Crippen molar-refractivity contribution in [1.82, 2.24) is 16.1 Å². The summed E-state index contributed by atoms with van der Waals surface area (Å²) in [5.41, 5.74) is 2.58. The molecule has 3 N–H and O–H groups in total. The van der Waals surface area contributed by atoms with Crippen LogP contribution in [-0.4, -0.2) is 35.5 Å². The number of likely N-dealkylation sites (N-methyl/N-ethyl adjacent to an activating group) is 1. The Bertz CT molecular complexity index is 552. The van der Waals surface area contributed by atoms with Gasteiger partial charge in [-0.05, 0) is 38.5 Å². The van der Waals surface area contributed by atoms with E-state index in [1.165, 1.54) is 39.2 Å². The van der Waals surface area contributed by atoms with E-state index in [0.29, 0.717) is 12.4 Å². The van der Waals surface area contributed by atoms with E-state index in [4.69, 9.17) is 0 Å². The first-order valence-electron chi connectivity index (χ1n) is 10.2. The van der Waals surface area contributed by atoms with Crippen LogP contribution in [-0.2, 0) is 25.1 Å². The number of carbonyl (C=O) groups excluding carboxylic acids is 2. The Morgan fingerprint density at radius 3 is 2.18 bits per heavy atom. The maximum Gasteiger partial charge on any atom is 0.309 e. The summed E-state index contributed by atoms with van der Waals surface area (Å²) in [5.74, 6) is -0.463. The molecule has 0 aliphatic carbocycles. The van der Waals surface area contributed by atoms with E-state index in [1.807, 2.05) is 0 Å². The molecule has 160 valence electrons. The van der Waals surface area contributed by atoms with Crippen molar-refractivity contribution >= 4 is 28.9 Å². The summed E-state index contributed by atoms with van der Waals surface area (Å²) in [6.45, 7) is 0.540. The van der Waals surface area contributed by atoms with Crippen LogP contribution in [0, 0.1) is 0 Å². The van der Waals surface area contributed by atoms with Crippen molar-refractivity contribution in [2.45, 2.75) is 77.0 Å². The topological polar surface area (TPSA) is 109 Å². The zero-order valence-electron chi connectivity index (χ0n) is 16.8. The van der Waals surface area contributed by atoms with E-state index in [2.05, 4.69) is 36.9 Å². The van der Waals surface area contributed by atoms with Crippen LogP contribution in [0.3, 0.4) is 0 Å². The maximum absolute atomic E-state index is 11.2. The molecule has 9 heteroatoms. The number of unbranched alkanes of at least 4 members (excludes halogenated alkanes) is 9. The smallest absolute Gasteiger partial charge is 0.309 e. The van der Waals surface area contributed by atoms with Gasteiger partial charge in [0.25, 0.3) is 0 Å². The lowest BCUT2D eigenvalue weighted by atomic mass is 10.1. The summed E-state index contributed by atoms with van der Waals surface area (Å²) in [5, 5.41) is 4.89. The molecule has 28 heavy (non-hydrogen) atoms. The van der Waals surface area contributed by atoms with Gasteiger partial charge in [0, 0.05) is 20.0 Å². The molecule has 0 bridgehead atoms. The maximum atomic E-state index is 11.2. The van der Waals surface area contributed by atoms with Crippen LogP contribution < -0.4 is 16.1 Å². The van der Waals surface area contributed by atoms with Gasteiger partial charge in [0.2, 0.25) is 0 Å². The molecule has 1 rings (SSSR count). The third kappa shape index (κ3) is 12.6. The van der Waals surface area contributed by atoms with E-state index in [-0.39, 0.29) is 0 Å². The van der Waals surface area contributed by atoms with Gasteiger partial charge in [0.1, 0.15) is 5.84 Å². The Kier molecular flexibility index (Phi) is 14.1. The average Bonchev–Trinajstić information content (AvgIpc) is 3.11. The van der Waals surface area contributed by atoms with E-state index >= 15 is 0 Å². The van der Waals surface area contributed by atoms with Crippen molar-refractivity contribution in [3.63, 3.8) is 0 Å². The molecule has 0 fully saturated rings. The Labute approximate surface area is 170 Å². The first kappa shape index (κ1) is 24.3. The number of amides is 2. The predicted molar refractivity (Wildman–Crippen MR) is 111 cm³/mol. The molecule has 0 aromatic rings. The Morgan fingerprint density at radius 2 is 1.57 bits per heavy atom. The van der Waals surface area contributed by atoms with Crippen LogP contribution in [0.2, 0.25) is 0 Å². The van der Waals surface area contributed by atoms with Gasteiger partial charge in [-0.25, -0.2) is 9.69 Å². The molecular formula is C19H34N4O4S. The van der Waals surface area contributed by atoms with Crippen molar-refractivity contribution in [3.8, 4) is 0 Å². The summed E-state index contributed by atoms with van der Waals surface area (Å²) in [6.07, 6.45) is 17.7. The highest BCUT2D eigenvalue weighted by Gasteiger charge is 2.11. The van der Waals surface area contributed by atoms with Gasteiger partial charge in [-0.2, -0.15) is 4.28 Å². The van der Waals surface area contributed by atoms with Crippen LogP contribution >= 0.6 is 0 Å². The molecule has 8 nitrogen and oxygen atoms in total. The summed E-state index contributed by atoms with van der Waals surface area (Å²) in [6, 6.07) is 0. The minimum Gasteiger partial charge on any atom is -0.351 e. The molecule has 0 radical (unpaired) electrons. The number of amidine groups is 1. The number of nitrogens with one attached hydrogen (secondary N) is 3. The SMILES string of the molecule is CNC(=O)C(=O)NCCCC/C=C\CCCCCCCCCC1=NS(=O)ON1. The zero-order valence-corrected chi connectivity index (χ0v) is 17.7. The quantitative estimate of drug-likeness (QED) is 0.217. The molecule has 1 unspecified atom stereocenters. The van der Waals surface area contributed by atoms with Crippen LogP contribution in [0.25, 0.3) is 0 Å². The second-order valence-electron chi connectivity index (χ2n) is 6.76. The fourth-order valence-electron chi connectivity index (χ4n) is 2.76. The highest BCUT2D eigenvalue weighted by molar-refractivity contribution is 7.79. The van der Waals surface area contributed by atoms with E-state index in [1.54, 1.807) is 0 Å². The molecule has 1 atom stereocenters. The fourth-order valence-corrected chi connectivity index (χ4v) is 3.28. The molecule has 0 aromatic heterocycles. The summed E-state index contributed by atoms with van der Waals surface area (Å²) in [4.78, 5) is 22.2. The molecule has 0 saturated heterocycles. The second-order valence-corrected chi connectivity index (χ2v) is 7.54. The molecule has 1 aliphatic rings. The van der Waals surface area contributed by atoms with Crippen molar-refractivity contribution < 1.29 is 18.1 Å². The average molecular weight is 415 g/mol. The summed E-state index contributed by atoms with van der Waals surface area (Å²) >= 11 is -1.53. The van der Waals surface area contributed by atoms with Crippen molar-refractivity contribution in [3.05, 3.63) is 12.2 Å². The molecule has 2 amide bonds. The standard InChI is InChI=1S/C19H34N4O4S/c1-20-18(24)19(25)21-16-14-12-10-8-6-4-2-3-5-7-9-11-13-15-17-22-27-28(26)23-17/h6,8H,2-5,7,9-16H2,1H3,(H,20,24)(H,21,25)(H,22,23)/b8-6-. The van der Waals surface area contributed by atoms with Gasteiger partial charge < -0.3 is 10.6 Å². The van der Waals surface area contributed by atoms with Crippen LogP contribution in [0.4, 0.5) is 0 Å². The van der Waals surface area contributed by atoms with Gasteiger partial charge in [0.15, 0.2) is 0 Å². The minimum absolute atomic E-state index is 0.540. The first-order valence-corrected chi connectivity index (χ1v) is 11.2. The van der Waals surface area contributed by atoms with E-state index in [0.717, 1.165) is 44.9 Å². The number of hydrogen-bond donors (Lipinski definition) is 3. The number of nitrogens with zero attached hydrogens (tertiary/aromatic N) is 1. The first-order chi connectivity index (χ1) is 13.6. The minimum atomic E-state index is -1.53. The van der Waals surface area contributed by atoms with Gasteiger partial charge in [-0.1, -0.05) is 44.3 Å². The van der Waals surface area contributed by atoms with Gasteiger partial charge in [-0.3, -0.25) is 9.59 Å². The van der Waals surface area contributed by atoms with E-state index < -0.39 is 23.1 Å². The largest absolute Gasteiger partial charge is 0.351 e. The van der Waals surface area contributed by atoms with Gasteiger partial charge >= 0.3 is 23.1 Å². The molecule has 0 spiro atoms. The Morgan fingerprint density at radius 1 is 0.964 bits per heavy atom. The van der Waals surface area contributed by atoms with Gasteiger partial charge in [0.05, 0.1) is 0 Å². The molecule has 0 saturated carbocycles. The number of hydroxylamine groups is 1. The molecular weight excluding hydrogens is 380 g/mol. The Balaban J connectivity index is 1.78. The van der Waals surface area contributed by atoms with Crippen LogP contribution in [0.15, 0.2) is 16.5 Å². The normalized spacial score (nSPS) is 16.0. The highest BCUT2D eigenvalue weighted by atomic mass is 32.2. The lowest BCUT2D eigenvalue weighted by Gasteiger charge is -2.02. The molecule has 1 heterocycles. The summed E-state index contributed by atoms with van der Waals surface area (Å²) in [7, 11) is 1.45. The monoisotopic (exact) mass is 414 g/mol. The highest BCUT2D eigenvalue weighted by Crippen LogP contribution is 2.11. The van der Waals surface area contributed by atoms with Crippen LogP contribution in [0.5, 0.6) is 0 Å². The van der Waals surface area contributed by atoms with Crippen molar-refractivity contribution in [2.24, 2.45) is 4.40 Å². The Hall–Kier alpha value is -1.74. The number of rotatable bonds is 15. The van der Waals surface area contributed by atoms with Crippen molar-refractivity contribution in [1.29, 1.82) is 0 Å². The predicted octanol–water partition coefficient (Wildman–Crippen LogP) is 2.60. The molecule has 1 aliphatic heterocycles. The van der Waals surface area contributed by atoms with Crippen LogP contribution in [0.1, 0.15) is 77.0 Å². The van der Waals surface area contributed by atoms with Crippen molar-refractivity contribution in [2.75, 3.05) is 13.6 Å². The fraction of sp³-hybridized carbons (Fsp3) is 0.737. The third-order valence-corrected chi connectivity index (χ3v) is 4.98. The second kappa shape index (κ2) is 16.2. The number of allylic oxidation sites excluding steroid dienone is 2. The lowest BCUT2D eigenvalue weighted by molar-refractivity contribution is -0.138.